The second-order valence-electron chi connectivity index (χ2n) is 3.34. The summed E-state index contributed by atoms with van der Waals surface area (Å²) in [6.45, 7) is 0. The van der Waals surface area contributed by atoms with E-state index in [0.717, 1.165) is 5.56 Å². The second kappa shape index (κ2) is 3.21. The van der Waals surface area contributed by atoms with Crippen molar-refractivity contribution in [2.75, 3.05) is 0 Å². The summed E-state index contributed by atoms with van der Waals surface area (Å²) in [6, 6.07) is 4.83. The minimum Gasteiger partial charge on any atom is -0.508 e. The summed E-state index contributed by atoms with van der Waals surface area (Å²) in [4.78, 5) is 10.9. The third-order valence-corrected chi connectivity index (χ3v) is 2.31. The minimum absolute atomic E-state index is 0.213. The van der Waals surface area contributed by atoms with Gasteiger partial charge in [0.15, 0.2) is 6.10 Å². The molecule has 1 unspecified atom stereocenters. The molecule has 4 heteroatoms. The molecule has 1 amide bonds. The van der Waals surface area contributed by atoms with Crippen molar-refractivity contribution < 1.29 is 14.6 Å². The number of nitrogens with two attached hydrogens (primary N) is 1. The molecule has 0 spiro atoms. The lowest BCUT2D eigenvalue weighted by Crippen LogP contribution is -2.36. The van der Waals surface area contributed by atoms with Crippen LogP contribution in [0.1, 0.15) is 12.0 Å². The molecule has 0 radical (unpaired) electrons. The maximum atomic E-state index is 10.9. The van der Waals surface area contributed by atoms with E-state index in [-0.39, 0.29) is 5.75 Å². The van der Waals surface area contributed by atoms with Gasteiger partial charge in [-0.05, 0) is 36.6 Å². The lowest BCUT2D eigenvalue weighted by atomic mass is 10.0. The fraction of sp³-hybridized carbons (Fsp3) is 0.300. The molecular weight excluding hydrogens is 182 g/mol. The molecule has 0 aromatic heterocycles. The van der Waals surface area contributed by atoms with Gasteiger partial charge in [0.05, 0.1) is 0 Å². The molecule has 0 saturated carbocycles. The van der Waals surface area contributed by atoms with Gasteiger partial charge in [0.1, 0.15) is 11.5 Å². The number of rotatable bonds is 1. The largest absolute Gasteiger partial charge is 0.508 e. The highest BCUT2D eigenvalue weighted by molar-refractivity contribution is 5.79. The molecule has 1 aliphatic rings. The number of phenols is 1. The zero-order valence-electron chi connectivity index (χ0n) is 7.56. The summed E-state index contributed by atoms with van der Waals surface area (Å²) in [5.41, 5.74) is 6.06. The Labute approximate surface area is 81.3 Å². The van der Waals surface area contributed by atoms with Gasteiger partial charge in [0, 0.05) is 0 Å². The molecule has 1 atom stereocenters. The van der Waals surface area contributed by atoms with E-state index < -0.39 is 12.0 Å². The molecule has 0 bridgehead atoms. The fourth-order valence-electron chi connectivity index (χ4n) is 1.58. The molecule has 1 aromatic carbocycles. The summed E-state index contributed by atoms with van der Waals surface area (Å²) in [5.74, 6) is 0.409. The molecule has 0 fully saturated rings. The van der Waals surface area contributed by atoms with Crippen molar-refractivity contribution in [3.05, 3.63) is 23.8 Å². The number of fused-ring (bicyclic) bond motifs is 1. The number of ether oxygens (including phenoxy) is 1. The maximum Gasteiger partial charge on any atom is 0.258 e. The molecule has 14 heavy (non-hydrogen) atoms. The molecule has 4 nitrogen and oxygen atoms in total. The van der Waals surface area contributed by atoms with E-state index in [0.29, 0.717) is 18.6 Å². The summed E-state index contributed by atoms with van der Waals surface area (Å²) in [6.07, 6.45) is 0.746. The average molecular weight is 193 g/mol. The Morgan fingerprint density at radius 3 is 3.07 bits per heavy atom. The van der Waals surface area contributed by atoms with Crippen LogP contribution in [-0.2, 0) is 11.2 Å². The number of hydrogen-bond acceptors (Lipinski definition) is 3. The number of benzene rings is 1. The van der Waals surface area contributed by atoms with E-state index in [9.17, 15) is 9.90 Å². The number of carbonyl (C=O) groups excluding carboxylic acids is 1. The van der Waals surface area contributed by atoms with Gasteiger partial charge in [-0.25, -0.2) is 0 Å². The normalized spacial score (nSPS) is 19.6. The standard InChI is InChI=1S/C10H11NO3/c11-10(13)9-3-1-6-5-7(12)2-4-8(6)14-9/h2,4-5,9,12H,1,3H2,(H2,11,13). The lowest BCUT2D eigenvalue weighted by Gasteiger charge is -2.23. The minimum atomic E-state index is -0.535. The molecule has 1 heterocycles. The number of primary amides is 1. The fourth-order valence-corrected chi connectivity index (χ4v) is 1.58. The van der Waals surface area contributed by atoms with Crippen LogP contribution in [0, 0.1) is 0 Å². The van der Waals surface area contributed by atoms with Gasteiger partial charge >= 0.3 is 0 Å². The van der Waals surface area contributed by atoms with Gasteiger partial charge in [0.25, 0.3) is 5.91 Å². The van der Waals surface area contributed by atoms with Crippen LogP contribution in [-0.4, -0.2) is 17.1 Å². The smallest absolute Gasteiger partial charge is 0.258 e. The maximum absolute atomic E-state index is 10.9. The Kier molecular flexibility index (Phi) is 2.04. The molecule has 1 aliphatic heterocycles. The predicted octanol–water partition coefficient (Wildman–Crippen LogP) is 0.571. The van der Waals surface area contributed by atoms with Crippen molar-refractivity contribution in [1.29, 1.82) is 0 Å². The second-order valence-corrected chi connectivity index (χ2v) is 3.34. The van der Waals surface area contributed by atoms with Crippen LogP contribution < -0.4 is 10.5 Å². The van der Waals surface area contributed by atoms with Gasteiger partial charge in [0.2, 0.25) is 0 Å². The first-order chi connectivity index (χ1) is 6.66. The van der Waals surface area contributed by atoms with Crippen LogP contribution in [0.25, 0.3) is 0 Å². The lowest BCUT2D eigenvalue weighted by molar-refractivity contribution is -0.125. The first kappa shape index (κ1) is 8.87. The third-order valence-electron chi connectivity index (χ3n) is 2.31. The van der Waals surface area contributed by atoms with Crippen molar-refractivity contribution in [2.45, 2.75) is 18.9 Å². The number of amides is 1. The predicted molar refractivity (Wildman–Crippen MR) is 50.0 cm³/mol. The topological polar surface area (TPSA) is 72.6 Å². The van der Waals surface area contributed by atoms with Crippen LogP contribution in [0.4, 0.5) is 0 Å². The Balaban J connectivity index is 2.27. The number of hydrogen-bond donors (Lipinski definition) is 2. The van der Waals surface area contributed by atoms with Crippen LogP contribution in [0.5, 0.6) is 11.5 Å². The van der Waals surface area contributed by atoms with Gasteiger partial charge in [-0.1, -0.05) is 0 Å². The quantitative estimate of drug-likeness (QED) is 0.684. The van der Waals surface area contributed by atoms with Crippen LogP contribution in [0.3, 0.4) is 0 Å². The van der Waals surface area contributed by atoms with E-state index in [1.54, 1.807) is 12.1 Å². The molecule has 1 aromatic rings. The summed E-state index contributed by atoms with van der Waals surface area (Å²) < 4.78 is 5.36. The van der Waals surface area contributed by atoms with Crippen LogP contribution >= 0.6 is 0 Å². The van der Waals surface area contributed by atoms with E-state index >= 15 is 0 Å². The number of aromatic hydroxyl groups is 1. The summed E-state index contributed by atoms with van der Waals surface area (Å²) >= 11 is 0. The Morgan fingerprint density at radius 2 is 2.36 bits per heavy atom. The Morgan fingerprint density at radius 1 is 1.57 bits per heavy atom. The van der Waals surface area contributed by atoms with E-state index in [1.807, 2.05) is 0 Å². The molecule has 0 saturated heterocycles. The number of aryl methyl sites for hydroxylation is 1. The van der Waals surface area contributed by atoms with E-state index in [2.05, 4.69) is 0 Å². The highest BCUT2D eigenvalue weighted by atomic mass is 16.5. The molecule has 2 rings (SSSR count). The van der Waals surface area contributed by atoms with Gasteiger partial charge in [-0.15, -0.1) is 0 Å². The van der Waals surface area contributed by atoms with E-state index in [1.165, 1.54) is 6.07 Å². The van der Waals surface area contributed by atoms with Crippen molar-refractivity contribution >= 4 is 5.91 Å². The number of carbonyl (C=O) groups is 1. The van der Waals surface area contributed by atoms with Crippen molar-refractivity contribution in [1.82, 2.24) is 0 Å². The van der Waals surface area contributed by atoms with Crippen LogP contribution in [0.2, 0.25) is 0 Å². The first-order valence-electron chi connectivity index (χ1n) is 4.44. The SMILES string of the molecule is NC(=O)C1CCc2cc(O)ccc2O1. The Hall–Kier alpha value is -1.71. The van der Waals surface area contributed by atoms with E-state index in [4.69, 9.17) is 10.5 Å². The summed E-state index contributed by atoms with van der Waals surface area (Å²) in [7, 11) is 0. The van der Waals surface area contributed by atoms with Gasteiger partial charge in [-0.3, -0.25) is 4.79 Å². The average Bonchev–Trinajstić information content (AvgIpc) is 2.16. The number of phenolic OH excluding ortho intramolecular Hbond substituents is 1. The first-order valence-corrected chi connectivity index (χ1v) is 4.44. The van der Waals surface area contributed by atoms with Gasteiger partial charge in [-0.2, -0.15) is 0 Å². The van der Waals surface area contributed by atoms with Crippen molar-refractivity contribution in [3.63, 3.8) is 0 Å². The monoisotopic (exact) mass is 193 g/mol. The van der Waals surface area contributed by atoms with Gasteiger partial charge < -0.3 is 15.6 Å². The van der Waals surface area contributed by atoms with Crippen molar-refractivity contribution in [3.8, 4) is 11.5 Å². The highest BCUT2D eigenvalue weighted by Gasteiger charge is 2.23. The van der Waals surface area contributed by atoms with Crippen molar-refractivity contribution in [2.24, 2.45) is 5.73 Å². The van der Waals surface area contributed by atoms with Crippen LogP contribution in [0.15, 0.2) is 18.2 Å². The molecule has 3 N–H and O–H groups in total. The highest BCUT2D eigenvalue weighted by Crippen LogP contribution is 2.30. The summed E-state index contributed by atoms with van der Waals surface area (Å²) in [5, 5.41) is 9.22. The third kappa shape index (κ3) is 1.51. The Bertz CT molecular complexity index is 376. The molecular formula is C10H11NO3. The zero-order chi connectivity index (χ0) is 10.1. The molecule has 0 aliphatic carbocycles. The zero-order valence-corrected chi connectivity index (χ0v) is 7.56. The molecule has 74 valence electrons.